The second-order valence-electron chi connectivity index (χ2n) is 3.12. The third-order valence-corrected chi connectivity index (χ3v) is 2.45. The summed E-state index contributed by atoms with van der Waals surface area (Å²) in [6, 6.07) is 6.40. The Bertz CT molecular complexity index is 420. The fourth-order valence-electron chi connectivity index (χ4n) is 1.46. The number of fused-ring (bicyclic) bond motifs is 1. The first kappa shape index (κ1) is 8.75. The van der Waals surface area contributed by atoms with Crippen LogP contribution in [0.4, 0.5) is 0 Å². The smallest absolute Gasteiger partial charge is 0.0682 e. The molecule has 0 atom stereocenters. The molecule has 0 fully saturated rings. The van der Waals surface area contributed by atoms with Gasteiger partial charge < -0.3 is 0 Å². The monoisotopic (exact) mass is 238 g/mol. The summed E-state index contributed by atoms with van der Waals surface area (Å²) in [4.78, 5) is 0. The van der Waals surface area contributed by atoms with Crippen molar-refractivity contribution in [1.29, 1.82) is 0 Å². The van der Waals surface area contributed by atoms with Gasteiger partial charge in [0.15, 0.2) is 0 Å². The van der Waals surface area contributed by atoms with Crippen molar-refractivity contribution in [3.05, 3.63) is 30.0 Å². The number of hydrogen-bond acceptors (Lipinski definition) is 1. The van der Waals surface area contributed by atoms with Crippen LogP contribution in [0.2, 0.25) is 0 Å². The van der Waals surface area contributed by atoms with Crippen molar-refractivity contribution < 1.29 is 0 Å². The van der Waals surface area contributed by atoms with Crippen LogP contribution in [0.15, 0.2) is 24.4 Å². The van der Waals surface area contributed by atoms with Gasteiger partial charge in [0.2, 0.25) is 0 Å². The Labute approximate surface area is 85.7 Å². The lowest BCUT2D eigenvalue weighted by Gasteiger charge is -1.99. The highest BCUT2D eigenvalue weighted by molar-refractivity contribution is 9.09. The molecule has 0 spiro atoms. The summed E-state index contributed by atoms with van der Waals surface area (Å²) in [5.41, 5.74) is 2.50. The zero-order valence-electron chi connectivity index (χ0n) is 7.50. The second-order valence-corrected chi connectivity index (χ2v) is 3.91. The molecule has 0 radical (unpaired) electrons. The Morgan fingerprint density at radius 1 is 1.46 bits per heavy atom. The Balaban J connectivity index is 2.55. The predicted octanol–water partition coefficient (Wildman–Crippen LogP) is 2.74. The Hall–Kier alpha value is -0.830. The highest BCUT2D eigenvalue weighted by Gasteiger charge is 2.00. The van der Waals surface area contributed by atoms with Crippen LogP contribution in [0.3, 0.4) is 0 Å². The van der Waals surface area contributed by atoms with Crippen molar-refractivity contribution in [3.8, 4) is 0 Å². The van der Waals surface area contributed by atoms with Crippen LogP contribution in [-0.2, 0) is 6.54 Å². The molecule has 2 aromatic rings. The summed E-state index contributed by atoms with van der Waals surface area (Å²) in [5, 5.41) is 6.48. The van der Waals surface area contributed by atoms with Crippen LogP contribution < -0.4 is 0 Å². The number of hydrogen-bond donors (Lipinski definition) is 0. The molecule has 0 aliphatic rings. The maximum atomic E-state index is 4.31. The van der Waals surface area contributed by atoms with Crippen LogP contribution in [-0.4, -0.2) is 15.1 Å². The zero-order chi connectivity index (χ0) is 9.26. The molecule has 0 amide bonds. The normalized spacial score (nSPS) is 10.9. The van der Waals surface area contributed by atoms with Gasteiger partial charge in [-0.05, 0) is 19.1 Å². The minimum absolute atomic E-state index is 0.923. The van der Waals surface area contributed by atoms with Gasteiger partial charge in [-0.2, -0.15) is 5.10 Å². The molecular formula is C10H11BrN2. The molecule has 0 aliphatic heterocycles. The van der Waals surface area contributed by atoms with E-state index in [0.29, 0.717) is 0 Å². The molecule has 3 heteroatoms. The number of rotatable bonds is 2. The fraction of sp³-hybridized carbons (Fsp3) is 0.300. The van der Waals surface area contributed by atoms with Crippen molar-refractivity contribution in [2.45, 2.75) is 13.5 Å². The van der Waals surface area contributed by atoms with Crippen molar-refractivity contribution in [2.75, 3.05) is 5.33 Å². The first-order valence-corrected chi connectivity index (χ1v) is 5.41. The van der Waals surface area contributed by atoms with Crippen molar-refractivity contribution in [3.63, 3.8) is 0 Å². The van der Waals surface area contributed by atoms with Gasteiger partial charge in [0.05, 0.1) is 18.3 Å². The van der Waals surface area contributed by atoms with Gasteiger partial charge in [-0.25, -0.2) is 0 Å². The van der Waals surface area contributed by atoms with Crippen LogP contribution in [0.5, 0.6) is 0 Å². The lowest BCUT2D eigenvalue weighted by molar-refractivity contribution is 0.693. The van der Waals surface area contributed by atoms with Gasteiger partial charge in [0, 0.05) is 10.7 Å². The van der Waals surface area contributed by atoms with Crippen molar-refractivity contribution >= 4 is 26.8 Å². The lowest BCUT2D eigenvalue weighted by atomic mass is 10.2. The summed E-state index contributed by atoms with van der Waals surface area (Å²) in [7, 11) is 0. The largest absolute Gasteiger partial charge is 0.264 e. The SMILES string of the molecule is Cc1ccc2c(cnn2CCBr)c1. The van der Waals surface area contributed by atoms with Crippen LogP contribution in [0, 0.1) is 6.92 Å². The van der Waals surface area contributed by atoms with Gasteiger partial charge >= 0.3 is 0 Å². The molecule has 1 heterocycles. The van der Waals surface area contributed by atoms with Gasteiger partial charge in [-0.1, -0.05) is 27.6 Å². The van der Waals surface area contributed by atoms with Crippen molar-refractivity contribution in [1.82, 2.24) is 9.78 Å². The standard InChI is InChI=1S/C10H11BrN2/c1-8-2-3-10-9(6-8)7-12-13(10)5-4-11/h2-3,6-7H,4-5H2,1H3. The van der Waals surface area contributed by atoms with E-state index < -0.39 is 0 Å². The number of nitrogens with zero attached hydrogens (tertiary/aromatic N) is 2. The summed E-state index contributed by atoms with van der Waals surface area (Å²) < 4.78 is 2.02. The maximum absolute atomic E-state index is 4.31. The van der Waals surface area contributed by atoms with E-state index in [1.165, 1.54) is 16.5 Å². The zero-order valence-corrected chi connectivity index (χ0v) is 9.08. The number of aromatic nitrogens is 2. The number of alkyl halides is 1. The summed E-state index contributed by atoms with van der Waals surface area (Å²) in [6.45, 7) is 3.02. The Morgan fingerprint density at radius 3 is 3.08 bits per heavy atom. The van der Waals surface area contributed by atoms with E-state index in [2.05, 4.69) is 46.2 Å². The minimum atomic E-state index is 0.923. The lowest BCUT2D eigenvalue weighted by Crippen LogP contribution is -1.99. The predicted molar refractivity (Wildman–Crippen MR) is 58.3 cm³/mol. The molecule has 0 saturated heterocycles. The quantitative estimate of drug-likeness (QED) is 0.737. The second kappa shape index (κ2) is 3.50. The molecule has 2 nitrogen and oxygen atoms in total. The summed E-state index contributed by atoms with van der Waals surface area (Å²) in [6.07, 6.45) is 1.92. The van der Waals surface area contributed by atoms with Crippen molar-refractivity contribution in [2.24, 2.45) is 0 Å². The molecule has 0 bridgehead atoms. The van der Waals surface area contributed by atoms with E-state index in [4.69, 9.17) is 0 Å². The topological polar surface area (TPSA) is 17.8 Å². The van der Waals surface area contributed by atoms with Gasteiger partial charge in [0.1, 0.15) is 0 Å². The summed E-state index contributed by atoms with van der Waals surface area (Å²) >= 11 is 3.41. The first-order valence-electron chi connectivity index (χ1n) is 4.29. The van der Waals surface area contributed by atoms with Gasteiger partial charge in [-0.3, -0.25) is 4.68 Å². The molecule has 0 aliphatic carbocycles. The molecule has 1 aromatic heterocycles. The number of halogens is 1. The van der Waals surface area contributed by atoms with Gasteiger partial charge in [0.25, 0.3) is 0 Å². The average Bonchev–Trinajstić information content (AvgIpc) is 2.49. The molecule has 0 N–H and O–H groups in total. The first-order chi connectivity index (χ1) is 6.31. The number of aryl methyl sites for hydroxylation is 2. The average molecular weight is 239 g/mol. The highest BCUT2D eigenvalue weighted by atomic mass is 79.9. The van der Waals surface area contributed by atoms with Crippen LogP contribution >= 0.6 is 15.9 Å². The number of benzene rings is 1. The molecule has 13 heavy (non-hydrogen) atoms. The maximum Gasteiger partial charge on any atom is 0.0682 e. The fourth-order valence-corrected chi connectivity index (χ4v) is 1.80. The molecule has 2 rings (SSSR count). The molecule has 1 aromatic carbocycles. The van der Waals surface area contributed by atoms with E-state index in [0.717, 1.165) is 11.9 Å². The molecular weight excluding hydrogens is 228 g/mol. The highest BCUT2D eigenvalue weighted by Crippen LogP contribution is 2.15. The van der Waals surface area contributed by atoms with Gasteiger partial charge in [-0.15, -0.1) is 0 Å². The van der Waals surface area contributed by atoms with E-state index in [9.17, 15) is 0 Å². The van der Waals surface area contributed by atoms with E-state index >= 15 is 0 Å². The Kier molecular flexibility index (Phi) is 2.36. The van der Waals surface area contributed by atoms with E-state index in [1.54, 1.807) is 0 Å². The third-order valence-electron chi connectivity index (χ3n) is 2.09. The minimum Gasteiger partial charge on any atom is -0.264 e. The third kappa shape index (κ3) is 1.61. The summed E-state index contributed by atoms with van der Waals surface area (Å²) in [5.74, 6) is 0. The Morgan fingerprint density at radius 2 is 2.31 bits per heavy atom. The van der Waals surface area contributed by atoms with Crippen LogP contribution in [0.25, 0.3) is 10.9 Å². The molecule has 68 valence electrons. The molecule has 0 saturated carbocycles. The van der Waals surface area contributed by atoms with Crippen LogP contribution in [0.1, 0.15) is 5.56 Å². The van der Waals surface area contributed by atoms with E-state index in [1.807, 2.05) is 10.9 Å². The van der Waals surface area contributed by atoms with E-state index in [-0.39, 0.29) is 0 Å². The molecule has 0 unspecified atom stereocenters.